The molecule has 1 fully saturated rings. The van der Waals surface area contributed by atoms with Gasteiger partial charge in [0.15, 0.2) is 11.5 Å². The van der Waals surface area contributed by atoms with Gasteiger partial charge in [-0.3, -0.25) is 9.48 Å². The van der Waals surface area contributed by atoms with Gasteiger partial charge in [-0.1, -0.05) is 0 Å². The van der Waals surface area contributed by atoms with Gasteiger partial charge < -0.3 is 19.5 Å². The van der Waals surface area contributed by atoms with Crippen molar-refractivity contribution in [2.24, 2.45) is 13.0 Å². The van der Waals surface area contributed by atoms with E-state index in [2.05, 4.69) is 20.3 Å². The third kappa shape index (κ3) is 5.98. The minimum Gasteiger partial charge on any atom is -0.491 e. The third-order valence-electron chi connectivity index (χ3n) is 7.96. The molecule has 2 aliphatic rings. The highest BCUT2D eigenvalue weighted by Crippen LogP contribution is 2.44. The van der Waals surface area contributed by atoms with Gasteiger partial charge in [0.05, 0.1) is 18.1 Å². The summed E-state index contributed by atoms with van der Waals surface area (Å²) in [6, 6.07) is 7.80. The number of anilines is 1. The van der Waals surface area contributed by atoms with E-state index in [1.54, 1.807) is 24.5 Å². The normalized spacial score (nSPS) is 16.9. The van der Waals surface area contributed by atoms with Crippen molar-refractivity contribution in [1.82, 2.24) is 29.6 Å². The molecule has 0 saturated carbocycles. The van der Waals surface area contributed by atoms with Crippen LogP contribution in [0.5, 0.6) is 5.75 Å². The van der Waals surface area contributed by atoms with Crippen LogP contribution in [0.4, 0.5) is 19.0 Å². The molecule has 1 unspecified atom stereocenters. The van der Waals surface area contributed by atoms with E-state index in [1.165, 1.54) is 13.2 Å². The van der Waals surface area contributed by atoms with Crippen molar-refractivity contribution in [2.45, 2.75) is 39.0 Å². The maximum atomic E-state index is 14.0. The lowest BCUT2D eigenvalue weighted by Crippen LogP contribution is -2.57. The van der Waals surface area contributed by atoms with Gasteiger partial charge in [-0.25, -0.2) is 9.97 Å². The molecule has 1 atom stereocenters. The van der Waals surface area contributed by atoms with E-state index >= 15 is 0 Å². The van der Waals surface area contributed by atoms with E-state index in [1.807, 2.05) is 37.6 Å². The van der Waals surface area contributed by atoms with E-state index in [0.717, 1.165) is 40.7 Å². The van der Waals surface area contributed by atoms with Gasteiger partial charge in [-0.15, -0.1) is 12.4 Å². The van der Waals surface area contributed by atoms with Crippen LogP contribution in [0.15, 0.2) is 42.9 Å². The molecule has 0 amide bonds. The van der Waals surface area contributed by atoms with Crippen molar-refractivity contribution < 1.29 is 22.7 Å². The lowest BCUT2D eigenvalue weighted by Gasteiger charge is -2.40. The molecule has 228 valence electrons. The Hall–Kier alpha value is -3.90. The fraction of sp³-hybridized carbons (Fsp3) is 0.400. The van der Waals surface area contributed by atoms with E-state index < -0.39 is 17.8 Å². The third-order valence-corrected chi connectivity index (χ3v) is 7.96. The zero-order valence-electron chi connectivity index (χ0n) is 24.3. The molecule has 4 aromatic rings. The highest BCUT2D eigenvalue weighted by Gasteiger charge is 2.40. The first-order valence-corrected chi connectivity index (χ1v) is 13.8. The van der Waals surface area contributed by atoms with Crippen LogP contribution >= 0.6 is 12.4 Å². The van der Waals surface area contributed by atoms with Crippen molar-refractivity contribution in [1.29, 1.82) is 0 Å². The number of ether oxygens (including phenoxy) is 1. The van der Waals surface area contributed by atoms with Crippen molar-refractivity contribution in [3.05, 3.63) is 76.8 Å². The number of ketones is 1. The van der Waals surface area contributed by atoms with Crippen LogP contribution in [0.3, 0.4) is 0 Å². The summed E-state index contributed by atoms with van der Waals surface area (Å²) >= 11 is 0. The molecular weight excluding hydrogens is 583 g/mol. The number of pyridine rings is 1. The predicted octanol–water partition coefficient (Wildman–Crippen LogP) is 4.63. The number of benzene rings is 1. The molecule has 13 heteroatoms. The van der Waals surface area contributed by atoms with Crippen LogP contribution in [0.2, 0.25) is 0 Å². The van der Waals surface area contributed by atoms with Crippen LogP contribution in [0.25, 0.3) is 11.1 Å². The Balaban J connectivity index is 0.00000368. The molecule has 9 nitrogen and oxygen atoms in total. The second kappa shape index (κ2) is 11.6. The van der Waals surface area contributed by atoms with Crippen molar-refractivity contribution >= 4 is 24.0 Å². The molecule has 6 rings (SSSR count). The Kier molecular flexibility index (Phi) is 8.28. The molecule has 0 spiro atoms. The minimum atomic E-state index is -4.68. The summed E-state index contributed by atoms with van der Waals surface area (Å²) in [4.78, 5) is 25.2. The summed E-state index contributed by atoms with van der Waals surface area (Å²) in [6.07, 6.45) is 0.441. The molecule has 1 saturated heterocycles. The van der Waals surface area contributed by atoms with Gasteiger partial charge >= 0.3 is 6.18 Å². The number of hydrogen-bond donors (Lipinski definition) is 1. The number of aryl methyl sites for hydroxylation is 3. The smallest absolute Gasteiger partial charge is 0.435 e. The van der Waals surface area contributed by atoms with E-state index in [9.17, 15) is 18.0 Å². The molecule has 0 aliphatic carbocycles. The first-order valence-electron chi connectivity index (χ1n) is 13.8. The standard InChI is InChI=1S/C30H32F3N7O2.ClH/c1-17-7-21(36-26(8-17)40-13-22(14-40)34-3)11-20-16-42-28-23(25-15-38(4)37-29(25)30(31,32)33)9-19(10-24(28)27(20)41)12-39-6-5-35-18(39)2;/h5-10,15,20,22,34H,11-14,16H2,1-4H3;1H. The Morgan fingerprint density at radius 3 is 2.51 bits per heavy atom. The second-order valence-electron chi connectivity index (χ2n) is 11.1. The largest absolute Gasteiger partial charge is 0.491 e. The number of fused-ring (bicyclic) bond motifs is 1. The molecule has 2 aliphatic heterocycles. The van der Waals surface area contributed by atoms with E-state index in [0.29, 0.717) is 24.6 Å². The topological polar surface area (TPSA) is 90.1 Å². The molecule has 1 aromatic carbocycles. The number of halogens is 4. The van der Waals surface area contributed by atoms with Crippen LogP contribution in [-0.2, 0) is 26.2 Å². The predicted molar refractivity (Wildman–Crippen MR) is 158 cm³/mol. The number of carbonyl (C=O) groups excluding carboxylic acids is 1. The first kappa shape index (κ1) is 30.6. The summed E-state index contributed by atoms with van der Waals surface area (Å²) in [7, 11) is 3.38. The fourth-order valence-electron chi connectivity index (χ4n) is 5.70. The van der Waals surface area contributed by atoms with Crippen LogP contribution < -0.4 is 15.0 Å². The average Bonchev–Trinajstić information content (AvgIpc) is 3.49. The quantitative estimate of drug-likeness (QED) is 0.324. The number of Topliss-reactive ketones (excluding diaryl/α,β-unsaturated/α-hetero) is 1. The Morgan fingerprint density at radius 1 is 1.09 bits per heavy atom. The second-order valence-corrected chi connectivity index (χ2v) is 11.1. The van der Waals surface area contributed by atoms with Gasteiger partial charge in [0.2, 0.25) is 0 Å². The van der Waals surface area contributed by atoms with Gasteiger partial charge in [0.1, 0.15) is 17.4 Å². The van der Waals surface area contributed by atoms with Crippen LogP contribution in [-0.4, -0.2) is 62.9 Å². The summed E-state index contributed by atoms with van der Waals surface area (Å²) < 4.78 is 51.1. The fourth-order valence-corrected chi connectivity index (χ4v) is 5.70. The van der Waals surface area contributed by atoms with E-state index in [-0.39, 0.29) is 47.2 Å². The molecule has 43 heavy (non-hydrogen) atoms. The van der Waals surface area contributed by atoms with Gasteiger partial charge in [0, 0.05) is 74.6 Å². The molecule has 1 N–H and O–H groups in total. The summed E-state index contributed by atoms with van der Waals surface area (Å²) in [5.74, 6) is 1.06. The van der Waals surface area contributed by atoms with Gasteiger partial charge in [-0.05, 0) is 56.3 Å². The number of aromatic nitrogens is 5. The van der Waals surface area contributed by atoms with Crippen molar-refractivity contribution in [3.63, 3.8) is 0 Å². The number of imidazole rings is 1. The Bertz CT molecular complexity index is 1660. The average molecular weight is 616 g/mol. The number of hydrogen-bond acceptors (Lipinski definition) is 7. The van der Waals surface area contributed by atoms with Crippen LogP contribution in [0.1, 0.15) is 38.7 Å². The maximum absolute atomic E-state index is 14.0. The monoisotopic (exact) mass is 615 g/mol. The zero-order valence-corrected chi connectivity index (χ0v) is 25.1. The molecule has 0 bridgehead atoms. The lowest BCUT2D eigenvalue weighted by atomic mass is 9.87. The van der Waals surface area contributed by atoms with Crippen molar-refractivity contribution in [2.75, 3.05) is 31.6 Å². The molecule has 3 aromatic heterocycles. The number of alkyl halides is 3. The number of likely N-dealkylation sites (N-methyl/N-ethyl adjacent to an activating group) is 1. The van der Waals surface area contributed by atoms with Crippen molar-refractivity contribution in [3.8, 4) is 16.9 Å². The molecular formula is C30H33ClF3N7O2. The Morgan fingerprint density at radius 2 is 1.84 bits per heavy atom. The number of nitrogens with zero attached hydrogens (tertiary/aromatic N) is 6. The summed E-state index contributed by atoms with van der Waals surface area (Å²) in [6.45, 7) is 5.94. The summed E-state index contributed by atoms with van der Waals surface area (Å²) in [5.41, 5.74) is 1.79. The van der Waals surface area contributed by atoms with E-state index in [4.69, 9.17) is 9.72 Å². The number of nitrogens with one attached hydrogen (secondary N) is 1. The SMILES string of the molecule is CNC1CN(c2cc(C)cc(CC3COc4c(cc(Cn5ccnc5C)cc4-c4cn(C)nc4C(F)(F)F)C3=O)n2)C1.Cl. The number of rotatable bonds is 7. The van der Waals surface area contributed by atoms with Crippen LogP contribution in [0, 0.1) is 19.8 Å². The Labute approximate surface area is 253 Å². The number of carbonyl (C=O) groups is 1. The highest BCUT2D eigenvalue weighted by atomic mass is 35.5. The molecule has 5 heterocycles. The minimum absolute atomic E-state index is 0. The molecule has 0 radical (unpaired) electrons. The summed E-state index contributed by atoms with van der Waals surface area (Å²) in [5, 5.41) is 6.95. The zero-order chi connectivity index (χ0) is 29.8. The first-order chi connectivity index (χ1) is 20.0. The maximum Gasteiger partial charge on any atom is 0.435 e. The highest BCUT2D eigenvalue weighted by molar-refractivity contribution is 6.04. The van der Waals surface area contributed by atoms with Gasteiger partial charge in [-0.2, -0.15) is 18.3 Å². The van der Waals surface area contributed by atoms with Gasteiger partial charge in [0.25, 0.3) is 0 Å². The lowest BCUT2D eigenvalue weighted by molar-refractivity contribution is -0.140.